The van der Waals surface area contributed by atoms with Gasteiger partial charge < -0.3 is 29.0 Å². The van der Waals surface area contributed by atoms with Crippen LogP contribution in [0.25, 0.3) is 0 Å². The van der Waals surface area contributed by atoms with Crippen LogP contribution in [0.3, 0.4) is 0 Å². The molecule has 2 N–H and O–H groups in total. The minimum Gasteiger partial charge on any atom is -0.508 e. The normalized spacial score (nSPS) is 22.9. The lowest BCUT2D eigenvalue weighted by Crippen LogP contribution is -2.65. The molecule has 54 heavy (non-hydrogen) atoms. The second kappa shape index (κ2) is 14.1. The number of nitrogens with one attached hydrogen (secondary N) is 1. The van der Waals surface area contributed by atoms with Gasteiger partial charge in [-0.3, -0.25) is 14.5 Å². The van der Waals surface area contributed by atoms with E-state index in [1.165, 1.54) is 0 Å². The molecule has 2 aromatic carbocycles. The number of hydrogen-bond acceptors (Lipinski definition) is 10. The van der Waals surface area contributed by atoms with Crippen molar-refractivity contribution in [2.75, 3.05) is 33.1 Å². The molecule has 3 aliphatic rings. The Bertz CT molecular complexity index is 1970. The number of ether oxygens (including phenoxy) is 1. The number of rotatable bonds is 11. The number of Topliss-reactive ketones (excluding diaryl/α,β-unsaturated/α-hetero) is 2. The highest BCUT2D eigenvalue weighted by Crippen LogP contribution is 2.60. The molecular formula is C43H60N4O6Si. The molecule has 292 valence electrons. The first-order valence-corrected chi connectivity index (χ1v) is 22.2. The van der Waals surface area contributed by atoms with E-state index in [1.807, 2.05) is 70.3 Å². The molecule has 6 rings (SSSR count). The van der Waals surface area contributed by atoms with Crippen LogP contribution in [-0.2, 0) is 24.0 Å². The number of aromatic nitrogens is 1. The van der Waals surface area contributed by atoms with E-state index in [0.717, 1.165) is 34.4 Å². The van der Waals surface area contributed by atoms with Gasteiger partial charge in [0.1, 0.15) is 17.9 Å². The Kier molecular flexibility index (Phi) is 10.4. The van der Waals surface area contributed by atoms with Crippen molar-refractivity contribution in [3.8, 4) is 5.88 Å². The maximum atomic E-state index is 15.5. The largest absolute Gasteiger partial charge is 0.508 e. The molecule has 0 aliphatic heterocycles. The second-order valence-electron chi connectivity index (χ2n) is 18.2. The monoisotopic (exact) mass is 756 g/mol. The fraction of sp³-hybridized carbons (Fsp3) is 0.558. The Balaban J connectivity index is 1.56. The fourth-order valence-corrected chi connectivity index (χ4v) is 9.93. The number of nitrogens with zero attached hydrogens (tertiary/aromatic N) is 3. The lowest BCUT2D eigenvalue weighted by Gasteiger charge is -2.55. The van der Waals surface area contributed by atoms with Gasteiger partial charge in [0.25, 0.3) is 5.88 Å². The molecule has 0 amide bonds. The number of hydrogen-bond donors (Lipinski definition) is 2. The zero-order valence-corrected chi connectivity index (χ0v) is 35.6. The number of anilines is 1. The molecule has 0 fully saturated rings. The van der Waals surface area contributed by atoms with Crippen molar-refractivity contribution in [3.05, 3.63) is 86.9 Å². The van der Waals surface area contributed by atoms with E-state index in [4.69, 9.17) is 13.7 Å². The van der Waals surface area contributed by atoms with Crippen LogP contribution in [0.1, 0.15) is 109 Å². The van der Waals surface area contributed by atoms with Crippen LogP contribution in [0.15, 0.2) is 52.3 Å². The first-order chi connectivity index (χ1) is 25.2. The summed E-state index contributed by atoms with van der Waals surface area (Å²) in [7, 11) is 5.11. The third-order valence-electron chi connectivity index (χ3n) is 12.7. The van der Waals surface area contributed by atoms with Gasteiger partial charge in [-0.1, -0.05) is 64.1 Å². The second-order valence-corrected chi connectivity index (χ2v) is 22.9. The van der Waals surface area contributed by atoms with Gasteiger partial charge in [0.05, 0.1) is 6.04 Å². The average Bonchev–Trinajstić information content (AvgIpc) is 3.50. The van der Waals surface area contributed by atoms with E-state index in [2.05, 4.69) is 76.1 Å². The lowest BCUT2D eigenvalue weighted by molar-refractivity contribution is -0.0480. The zero-order valence-electron chi connectivity index (χ0n) is 34.6. The topological polar surface area (TPSA) is 117 Å². The van der Waals surface area contributed by atoms with E-state index in [-0.39, 0.29) is 51.7 Å². The minimum absolute atomic E-state index is 0.0531. The predicted octanol–water partition coefficient (Wildman–Crippen LogP) is 8.35. The van der Waals surface area contributed by atoms with Crippen molar-refractivity contribution in [2.45, 2.75) is 116 Å². The summed E-state index contributed by atoms with van der Waals surface area (Å²) in [6.07, 6.45) is 1.93. The van der Waals surface area contributed by atoms with Crippen molar-refractivity contribution in [1.82, 2.24) is 15.4 Å². The van der Waals surface area contributed by atoms with Crippen LogP contribution in [0, 0.1) is 18.8 Å². The van der Waals surface area contributed by atoms with E-state index < -0.39 is 31.7 Å². The Hall–Kier alpha value is -3.77. The van der Waals surface area contributed by atoms with Crippen LogP contribution in [-0.4, -0.2) is 74.4 Å². The molecule has 3 aliphatic carbocycles. The standard InChI is InChI=1S/C43H60N4O6Si/c1-14-42(6,7)44-23-28-20-25(2)31-29(34(28)46(8)9)21-27-22-30-35(47(10)11)37-33(40(45-52-37)51-24-26-18-16-15-17-19-26)39(50)43(30,38(49)32(27)36(31)48)53-54(12,13)41(3,4)5/h15-20,27,30,35,44,49H,14,21-24H2,1-13H3/t27-,30-,35-,43-/m0/s1. The Labute approximate surface area is 322 Å². The van der Waals surface area contributed by atoms with Gasteiger partial charge in [0.15, 0.2) is 25.5 Å². The number of aliphatic hydroxyl groups is 1. The number of allylic oxidation sites excluding steroid dienone is 1. The number of aryl methyl sites for hydroxylation is 1. The number of aliphatic hydroxyl groups excluding tert-OH is 1. The van der Waals surface area contributed by atoms with Gasteiger partial charge in [-0.05, 0) is 106 Å². The van der Waals surface area contributed by atoms with Crippen molar-refractivity contribution < 1.29 is 28.4 Å². The summed E-state index contributed by atoms with van der Waals surface area (Å²) in [5, 5.41) is 20.7. The van der Waals surface area contributed by atoms with Crippen molar-refractivity contribution in [2.24, 2.45) is 11.8 Å². The molecule has 4 atom stereocenters. The molecule has 3 aromatic rings. The number of fused-ring (bicyclic) bond motifs is 4. The summed E-state index contributed by atoms with van der Waals surface area (Å²) in [5.41, 5.74) is 4.02. The van der Waals surface area contributed by atoms with Gasteiger partial charge in [-0.2, -0.15) is 0 Å². The molecule has 0 bridgehead atoms. The highest BCUT2D eigenvalue weighted by molar-refractivity contribution is 6.74. The molecule has 0 unspecified atom stereocenters. The quantitative estimate of drug-likeness (QED) is 0.185. The van der Waals surface area contributed by atoms with Crippen LogP contribution in [0.2, 0.25) is 18.1 Å². The molecule has 1 heterocycles. The molecule has 0 saturated heterocycles. The fourth-order valence-electron chi connectivity index (χ4n) is 8.48. The van der Waals surface area contributed by atoms with E-state index in [1.54, 1.807) is 0 Å². The summed E-state index contributed by atoms with van der Waals surface area (Å²) < 4.78 is 19.6. The lowest BCUT2D eigenvalue weighted by atomic mass is 9.58. The van der Waals surface area contributed by atoms with Gasteiger partial charge >= 0.3 is 0 Å². The summed E-state index contributed by atoms with van der Waals surface area (Å²) in [6, 6.07) is 11.2. The third kappa shape index (κ3) is 6.54. The van der Waals surface area contributed by atoms with Gasteiger partial charge in [-0.25, -0.2) is 0 Å². The summed E-state index contributed by atoms with van der Waals surface area (Å²) >= 11 is 0. The van der Waals surface area contributed by atoms with E-state index in [0.29, 0.717) is 30.7 Å². The maximum absolute atomic E-state index is 15.5. The molecule has 0 saturated carbocycles. The average molecular weight is 757 g/mol. The van der Waals surface area contributed by atoms with Gasteiger partial charge in [0, 0.05) is 48.9 Å². The Morgan fingerprint density at radius 2 is 1.72 bits per heavy atom. The molecule has 11 heteroatoms. The molecule has 0 radical (unpaired) electrons. The molecule has 0 spiro atoms. The van der Waals surface area contributed by atoms with E-state index >= 15 is 9.59 Å². The Morgan fingerprint density at radius 3 is 2.31 bits per heavy atom. The molecule has 10 nitrogen and oxygen atoms in total. The van der Waals surface area contributed by atoms with Crippen molar-refractivity contribution in [1.29, 1.82) is 0 Å². The van der Waals surface area contributed by atoms with Crippen LogP contribution < -0.4 is 15.0 Å². The number of ketones is 2. The smallest absolute Gasteiger partial charge is 0.265 e. The van der Waals surface area contributed by atoms with Crippen LogP contribution >= 0.6 is 0 Å². The number of carbonyl (C=O) groups excluding carboxylic acids is 2. The van der Waals surface area contributed by atoms with Gasteiger partial charge in [-0.15, -0.1) is 0 Å². The van der Waals surface area contributed by atoms with Crippen molar-refractivity contribution >= 4 is 25.6 Å². The Morgan fingerprint density at radius 1 is 1.06 bits per heavy atom. The summed E-state index contributed by atoms with van der Waals surface area (Å²) in [5.74, 6) is -1.47. The number of benzene rings is 2. The number of carbonyl (C=O) groups is 2. The summed E-state index contributed by atoms with van der Waals surface area (Å²) in [6.45, 7) is 19.9. The predicted molar refractivity (Wildman–Crippen MR) is 215 cm³/mol. The molecule has 1 aromatic heterocycles. The first kappa shape index (κ1) is 39.9. The SMILES string of the molecule is CCC(C)(C)NCc1cc(C)c2c(c1N(C)C)C[C@H]1C[C@H]3[C@H](N(C)C)c4onc(OCc5ccccc5)c4C(=O)[C@@]3(O[Si](C)(C)C(C)(C)C)C(O)=C1C2=O. The third-order valence-corrected chi connectivity index (χ3v) is 17.1. The summed E-state index contributed by atoms with van der Waals surface area (Å²) in [4.78, 5) is 34.7. The van der Waals surface area contributed by atoms with Crippen LogP contribution in [0.4, 0.5) is 5.69 Å². The van der Waals surface area contributed by atoms with Gasteiger partial charge in [0.2, 0.25) is 5.78 Å². The van der Waals surface area contributed by atoms with E-state index in [9.17, 15) is 5.11 Å². The molecular weight excluding hydrogens is 697 g/mol. The highest BCUT2D eigenvalue weighted by Gasteiger charge is 2.67. The maximum Gasteiger partial charge on any atom is 0.265 e. The van der Waals surface area contributed by atoms with Crippen LogP contribution in [0.5, 0.6) is 5.88 Å². The zero-order chi connectivity index (χ0) is 39.7. The minimum atomic E-state index is -2.82. The first-order valence-electron chi connectivity index (χ1n) is 19.3. The van der Waals surface area contributed by atoms with Crippen molar-refractivity contribution in [3.63, 3.8) is 0 Å². The highest BCUT2D eigenvalue weighted by atomic mass is 28.4.